The number of rotatable bonds is 15. The predicted octanol–water partition coefficient (Wildman–Crippen LogP) is 40.4. The molecule has 0 nitrogen and oxygen atoms in total. The first-order valence-electron chi connectivity index (χ1n) is 49.8. The van der Waals surface area contributed by atoms with E-state index in [1.807, 2.05) is 0 Å². The maximum absolute atomic E-state index is 2.39. The summed E-state index contributed by atoms with van der Waals surface area (Å²) in [7, 11) is 0. The molecule has 0 fully saturated rings. The van der Waals surface area contributed by atoms with E-state index >= 15 is 0 Å². The van der Waals surface area contributed by atoms with Crippen molar-refractivity contribution in [2.75, 3.05) is 0 Å². The van der Waals surface area contributed by atoms with E-state index < -0.39 is 0 Å². The molecule has 0 spiro atoms. The quantitative estimate of drug-likeness (QED) is 0.0898. The Labute approximate surface area is 840 Å². The molecule has 0 aromatic heterocycles. The van der Waals surface area contributed by atoms with Crippen molar-refractivity contribution in [3.8, 4) is 167 Å². The molecule has 0 heteroatoms. The van der Waals surface area contributed by atoms with Gasteiger partial charge in [-0.2, -0.15) is 0 Å². The average Bonchev–Trinajstić information content (AvgIpc) is 0.736. The number of benzene rings is 27. The number of hydrogen-bond acceptors (Lipinski definition) is 0. The van der Waals surface area contributed by atoms with Gasteiger partial charge in [0.1, 0.15) is 0 Å². The summed E-state index contributed by atoms with van der Waals surface area (Å²) in [5, 5.41) is 22.7. The number of fused-ring (bicyclic) bond motifs is 9. The Kier molecular flexibility index (Phi) is 23.3. The van der Waals surface area contributed by atoms with Gasteiger partial charge in [0.05, 0.1) is 0 Å². The zero-order valence-electron chi connectivity index (χ0n) is 79.4. The minimum atomic E-state index is 1.21. The van der Waals surface area contributed by atoms with Gasteiger partial charge in [0, 0.05) is 0 Å². The molecule has 0 saturated carbocycles. The Morgan fingerprint density at radius 1 is 0.0694 bits per heavy atom. The summed E-state index contributed by atoms with van der Waals surface area (Å²) in [6.07, 6.45) is 0. The van der Waals surface area contributed by atoms with Gasteiger partial charge in [-0.05, 0) is 325 Å². The first-order valence-corrected chi connectivity index (χ1v) is 49.8. The predicted molar refractivity (Wildman–Crippen MR) is 618 cm³/mol. The second-order valence-electron chi connectivity index (χ2n) is 37.4. The molecule has 27 aromatic carbocycles. The molecular weight excluding hydrogens is 1730 g/mol. The third kappa shape index (κ3) is 16.7. The van der Waals surface area contributed by atoms with Crippen LogP contribution in [-0.2, 0) is 0 Å². The third-order valence-electron chi connectivity index (χ3n) is 28.9. The van der Waals surface area contributed by atoms with Crippen molar-refractivity contribution in [3.63, 3.8) is 0 Å². The first-order chi connectivity index (χ1) is 71.4. The van der Waals surface area contributed by atoms with Gasteiger partial charge >= 0.3 is 0 Å². The first kappa shape index (κ1) is 86.8. The molecule has 0 heterocycles. The van der Waals surface area contributed by atoms with Crippen LogP contribution in [0.25, 0.3) is 264 Å². The van der Waals surface area contributed by atoms with Crippen LogP contribution in [0.4, 0.5) is 0 Å². The van der Waals surface area contributed by atoms with E-state index in [4.69, 9.17) is 0 Å². The second-order valence-corrected chi connectivity index (χ2v) is 37.4. The van der Waals surface area contributed by atoms with Crippen molar-refractivity contribution in [1.29, 1.82) is 0 Å². The summed E-state index contributed by atoms with van der Waals surface area (Å²) in [5.74, 6) is 0. The molecule has 0 radical (unpaired) electrons. The summed E-state index contributed by atoms with van der Waals surface area (Å²) in [5.41, 5.74) is 37.2. The summed E-state index contributed by atoms with van der Waals surface area (Å²) >= 11 is 0. The monoisotopic (exact) mass is 1820 g/mol. The molecule has 0 atom stereocenters. The van der Waals surface area contributed by atoms with Gasteiger partial charge in [0.2, 0.25) is 0 Å². The van der Waals surface area contributed by atoms with Crippen LogP contribution in [-0.4, -0.2) is 0 Å². The van der Waals surface area contributed by atoms with Gasteiger partial charge in [-0.3, -0.25) is 0 Å². The molecule has 0 unspecified atom stereocenters. The van der Waals surface area contributed by atoms with Gasteiger partial charge in [-0.25, -0.2) is 0 Å². The van der Waals surface area contributed by atoms with Crippen molar-refractivity contribution < 1.29 is 0 Å². The zero-order valence-corrected chi connectivity index (χ0v) is 79.4. The fourth-order valence-corrected chi connectivity index (χ4v) is 22.2. The van der Waals surface area contributed by atoms with Crippen molar-refractivity contribution in [1.82, 2.24) is 0 Å². The Bertz CT molecular complexity index is 9280. The molecule has 144 heavy (non-hydrogen) atoms. The van der Waals surface area contributed by atoms with Crippen LogP contribution in [0.1, 0.15) is 0 Å². The molecule has 0 N–H and O–H groups in total. The topological polar surface area (TPSA) is 0 Å². The standard InChI is InChI=1S/3C48H32/c1-4-14-33(15-5-1)40-30-41(34-16-6-2-7-17-34)32-42(31-40)37-26-24-35-25-27-38(29-39(35)28-37)48-45-22-12-10-20-43(45)47(36-18-8-3-9-19-36)44-21-11-13-23-46(44)48;1-4-14-33(15-5-1)37-28-29-41(35-16-6-2-7-17-35)46(32-37)38-26-24-34-25-27-39(31-40(34)30-38)48-44-22-12-10-20-42(44)47(36-18-8-3-9-19-36)43-21-11-13-23-45(43)48;1-3-15-34(16-4-1)39-19-7-9-21-41(39)42-22-10-8-20-40(42)36-29-27-33-28-30-37(32-38(33)31-36)48-45-25-13-11-23-43(45)47(35-17-5-2-6-18-35)44-24-12-14-26-46(44)48/h3*1-32H. The molecular formula is C144H96. The average molecular weight is 1830 g/mol. The van der Waals surface area contributed by atoms with E-state index in [1.165, 1.54) is 264 Å². The van der Waals surface area contributed by atoms with E-state index in [0.717, 1.165) is 0 Å². The summed E-state index contributed by atoms with van der Waals surface area (Å²) < 4.78 is 0. The lowest BCUT2D eigenvalue weighted by Gasteiger charge is -2.18. The minimum absolute atomic E-state index is 1.21. The number of hydrogen-bond donors (Lipinski definition) is 0. The Morgan fingerprint density at radius 3 is 0.535 bits per heavy atom. The maximum Gasteiger partial charge on any atom is -0.00262 e. The Morgan fingerprint density at radius 2 is 0.243 bits per heavy atom. The van der Waals surface area contributed by atoms with Crippen molar-refractivity contribution in [2.45, 2.75) is 0 Å². The highest BCUT2D eigenvalue weighted by Gasteiger charge is 2.24. The molecule has 0 aliphatic heterocycles. The van der Waals surface area contributed by atoms with Gasteiger partial charge in [-0.1, -0.05) is 522 Å². The highest BCUT2D eigenvalue weighted by molar-refractivity contribution is 6.25. The van der Waals surface area contributed by atoms with Crippen LogP contribution >= 0.6 is 0 Å². The fourth-order valence-electron chi connectivity index (χ4n) is 22.2. The van der Waals surface area contributed by atoms with Gasteiger partial charge in [0.25, 0.3) is 0 Å². The fraction of sp³-hybridized carbons (Fsp3) is 0. The lowest BCUT2D eigenvalue weighted by atomic mass is 9.85. The molecule has 0 aliphatic carbocycles. The SMILES string of the molecule is c1ccc(-c2cc(-c3ccccc3)cc(-c3ccc4ccc(-c5c6ccccc6c(-c6ccccc6)c6ccccc56)cc4c3)c2)cc1.c1ccc(-c2ccc(-c3ccccc3)c(-c3ccc4ccc(-c5c6ccccc6c(-c6ccccc6)c6ccccc56)cc4c3)c2)cc1.c1ccc(-c2ccccc2-c2ccccc2-c2ccc3ccc(-c4c5ccccc5c(-c5ccccc5)c5ccccc45)cc3c2)cc1. The van der Waals surface area contributed by atoms with Crippen LogP contribution in [0.5, 0.6) is 0 Å². The van der Waals surface area contributed by atoms with Crippen LogP contribution < -0.4 is 0 Å². The van der Waals surface area contributed by atoms with Gasteiger partial charge in [0.15, 0.2) is 0 Å². The summed E-state index contributed by atoms with van der Waals surface area (Å²) in [6, 6.07) is 212. The molecule has 0 amide bonds. The minimum Gasteiger partial charge on any atom is -0.0622 e. The third-order valence-corrected chi connectivity index (χ3v) is 28.9. The molecule has 672 valence electrons. The van der Waals surface area contributed by atoms with Crippen molar-refractivity contribution in [3.05, 3.63) is 582 Å². The molecule has 0 bridgehead atoms. The Balaban J connectivity index is 0.000000113. The zero-order chi connectivity index (χ0) is 95.6. The van der Waals surface area contributed by atoms with E-state index in [-0.39, 0.29) is 0 Å². The van der Waals surface area contributed by atoms with E-state index in [2.05, 4.69) is 582 Å². The van der Waals surface area contributed by atoms with Gasteiger partial charge in [-0.15, -0.1) is 0 Å². The van der Waals surface area contributed by atoms with Crippen LogP contribution in [0.3, 0.4) is 0 Å². The highest BCUT2D eigenvalue weighted by atomic mass is 14.3. The van der Waals surface area contributed by atoms with E-state index in [1.54, 1.807) is 0 Å². The molecule has 27 aromatic rings. The van der Waals surface area contributed by atoms with Crippen molar-refractivity contribution >= 4 is 97.0 Å². The molecule has 0 saturated heterocycles. The largest absolute Gasteiger partial charge is 0.0622 e. The van der Waals surface area contributed by atoms with Crippen LogP contribution in [0, 0.1) is 0 Å². The Hall–Kier alpha value is -18.7. The normalized spacial score (nSPS) is 11.3. The highest BCUT2D eigenvalue weighted by Crippen LogP contribution is 2.51. The lowest BCUT2D eigenvalue weighted by Crippen LogP contribution is -1.91. The van der Waals surface area contributed by atoms with Crippen molar-refractivity contribution in [2.24, 2.45) is 0 Å². The smallest absolute Gasteiger partial charge is 0.00262 e. The second kappa shape index (κ2) is 38.6. The summed E-state index contributed by atoms with van der Waals surface area (Å²) in [6.45, 7) is 0. The van der Waals surface area contributed by atoms with E-state index in [0.29, 0.717) is 0 Å². The van der Waals surface area contributed by atoms with Crippen LogP contribution in [0.15, 0.2) is 582 Å². The lowest BCUT2D eigenvalue weighted by molar-refractivity contribution is 1.57. The summed E-state index contributed by atoms with van der Waals surface area (Å²) in [4.78, 5) is 0. The molecule has 27 rings (SSSR count). The van der Waals surface area contributed by atoms with Gasteiger partial charge < -0.3 is 0 Å². The van der Waals surface area contributed by atoms with E-state index in [9.17, 15) is 0 Å². The maximum atomic E-state index is 2.39. The molecule has 0 aliphatic rings. The van der Waals surface area contributed by atoms with Crippen LogP contribution in [0.2, 0.25) is 0 Å².